The van der Waals surface area contributed by atoms with E-state index in [1.807, 2.05) is 84.9 Å². The van der Waals surface area contributed by atoms with Crippen LogP contribution in [0.15, 0.2) is 152 Å². The van der Waals surface area contributed by atoms with Crippen LogP contribution < -0.4 is 15.9 Å². The Balaban J connectivity index is 1.38. The lowest BCUT2D eigenvalue weighted by molar-refractivity contribution is 0.592. The van der Waals surface area contributed by atoms with Gasteiger partial charge in [0.15, 0.2) is 7.14 Å². The van der Waals surface area contributed by atoms with Crippen molar-refractivity contribution in [3.63, 3.8) is 0 Å². The highest BCUT2D eigenvalue weighted by Gasteiger charge is 2.29. The Kier molecular flexibility index (Phi) is 6.66. The molecular weight excluding hydrogens is 569 g/mol. The second kappa shape index (κ2) is 11.0. The molecule has 0 aliphatic carbocycles. The van der Waals surface area contributed by atoms with Crippen LogP contribution in [-0.2, 0) is 11.0 Å². The lowest BCUT2D eigenvalue weighted by Gasteiger charge is -2.20. The summed E-state index contributed by atoms with van der Waals surface area (Å²) in [6.07, 6.45) is 0.796. The van der Waals surface area contributed by atoms with Gasteiger partial charge in [0.2, 0.25) is 0 Å². The number of imidazole rings is 1. The summed E-state index contributed by atoms with van der Waals surface area (Å²) >= 11 is 0. The van der Waals surface area contributed by atoms with E-state index in [1.54, 1.807) is 0 Å². The van der Waals surface area contributed by atoms with Crippen LogP contribution >= 0.6 is 7.14 Å². The minimum atomic E-state index is -3.09. The van der Waals surface area contributed by atoms with Gasteiger partial charge in [0, 0.05) is 44.4 Å². The molecule has 0 unspecified atom stereocenters. The van der Waals surface area contributed by atoms with Gasteiger partial charge in [-0.2, -0.15) is 0 Å². The van der Waals surface area contributed by atoms with Crippen molar-refractivity contribution >= 4 is 55.8 Å². The Morgan fingerprint density at radius 2 is 1.16 bits per heavy atom. The summed E-state index contributed by atoms with van der Waals surface area (Å²) in [7, 11) is -3.09. The average molecular weight is 600 g/mol. The zero-order chi connectivity index (χ0) is 30.4. The monoisotopic (exact) mass is 599 g/mol. The second-order valence-electron chi connectivity index (χ2n) is 11.2. The van der Waals surface area contributed by atoms with Crippen molar-refractivity contribution in [2.45, 2.75) is 13.3 Å². The number of fused-ring (bicyclic) bond motifs is 5. The average Bonchev–Trinajstić information content (AvgIpc) is 3.51. The fourth-order valence-electron chi connectivity index (χ4n) is 6.49. The molecule has 5 heteroatoms. The largest absolute Gasteiger partial charge is 0.309 e. The Labute approximate surface area is 262 Å². The Bertz CT molecular complexity index is 2320. The van der Waals surface area contributed by atoms with Crippen molar-refractivity contribution in [2.24, 2.45) is 0 Å². The summed E-state index contributed by atoms with van der Waals surface area (Å²) in [5, 5.41) is 5.67. The Hall–Kier alpha value is -5.31. The maximum absolute atomic E-state index is 15.0. The molecule has 6 aromatic carbocycles. The smallest absolute Gasteiger partial charge is 0.171 e. The number of aryl methyl sites for hydroxylation is 1. The van der Waals surface area contributed by atoms with Gasteiger partial charge in [-0.25, -0.2) is 9.97 Å². The van der Waals surface area contributed by atoms with Gasteiger partial charge < -0.3 is 4.57 Å². The summed E-state index contributed by atoms with van der Waals surface area (Å²) in [6, 6.07) is 50.8. The van der Waals surface area contributed by atoms with Gasteiger partial charge in [0.25, 0.3) is 0 Å². The van der Waals surface area contributed by atoms with Gasteiger partial charge >= 0.3 is 0 Å². The molecule has 0 saturated heterocycles. The van der Waals surface area contributed by atoms with E-state index < -0.39 is 7.14 Å². The summed E-state index contributed by atoms with van der Waals surface area (Å²) in [4.78, 5) is 10.5. The van der Waals surface area contributed by atoms with Gasteiger partial charge in [-0.05, 0) is 29.7 Å². The minimum Gasteiger partial charge on any atom is -0.309 e. The molecule has 0 bridgehead atoms. The Morgan fingerprint density at radius 3 is 1.80 bits per heavy atom. The van der Waals surface area contributed by atoms with E-state index >= 15 is 4.57 Å². The standard InChI is InChI=1S/C40H30N3OP/c1-2-37-42-40-36(43(37)29-14-6-3-7-15-29)27-26-34-33-20-12-13-21-35(33)41-39(38(34)40)28-22-24-32(25-23-28)45(44,30-16-8-4-9-17-30)31-18-10-5-11-19-31/h3-27H,2H2,1H3. The fourth-order valence-corrected chi connectivity index (χ4v) is 9.14. The number of hydrogen-bond acceptors (Lipinski definition) is 3. The van der Waals surface area contributed by atoms with Crippen LogP contribution in [0.1, 0.15) is 12.7 Å². The minimum absolute atomic E-state index is 0.792. The molecule has 45 heavy (non-hydrogen) atoms. The quantitative estimate of drug-likeness (QED) is 0.142. The molecule has 8 aromatic rings. The van der Waals surface area contributed by atoms with Gasteiger partial charge in [0.05, 0.1) is 22.2 Å². The lowest BCUT2D eigenvalue weighted by Crippen LogP contribution is -2.24. The molecule has 0 aliphatic heterocycles. The SMILES string of the molecule is CCc1nc2c3c(-c4ccc(P(=O)(c5ccccc5)c5ccccc5)cc4)nc4ccccc4c3ccc2n1-c1ccccc1. The number of hydrogen-bond donors (Lipinski definition) is 0. The van der Waals surface area contributed by atoms with E-state index in [-0.39, 0.29) is 0 Å². The van der Waals surface area contributed by atoms with Gasteiger partial charge in [-0.1, -0.05) is 134 Å². The van der Waals surface area contributed by atoms with E-state index in [0.29, 0.717) is 0 Å². The first-order valence-corrected chi connectivity index (χ1v) is 17.0. The van der Waals surface area contributed by atoms with Crippen LogP contribution in [0, 0.1) is 0 Å². The molecule has 2 aromatic heterocycles. The highest BCUT2D eigenvalue weighted by Crippen LogP contribution is 2.43. The topological polar surface area (TPSA) is 47.8 Å². The van der Waals surface area contributed by atoms with Crippen molar-refractivity contribution in [2.75, 3.05) is 0 Å². The number of rotatable bonds is 6. The fraction of sp³-hybridized carbons (Fsp3) is 0.0500. The third kappa shape index (κ3) is 4.41. The van der Waals surface area contributed by atoms with Crippen LogP contribution in [0.2, 0.25) is 0 Å². The molecule has 0 N–H and O–H groups in total. The molecule has 216 valence electrons. The predicted octanol–water partition coefficient (Wildman–Crippen LogP) is 8.60. The molecule has 2 heterocycles. The maximum atomic E-state index is 15.0. The molecule has 0 fully saturated rings. The normalized spacial score (nSPS) is 11.8. The summed E-state index contributed by atoms with van der Waals surface area (Å²) in [5.74, 6) is 1.00. The lowest BCUT2D eigenvalue weighted by atomic mass is 9.99. The first-order chi connectivity index (χ1) is 22.2. The third-order valence-corrected chi connectivity index (χ3v) is 11.7. The molecular formula is C40H30N3OP. The predicted molar refractivity (Wildman–Crippen MR) is 188 cm³/mol. The Morgan fingerprint density at radius 1 is 0.578 bits per heavy atom. The van der Waals surface area contributed by atoms with Crippen molar-refractivity contribution in [1.82, 2.24) is 14.5 Å². The van der Waals surface area contributed by atoms with Crippen LogP contribution in [0.25, 0.3) is 49.7 Å². The molecule has 0 aliphatic rings. The van der Waals surface area contributed by atoms with Gasteiger partial charge in [0.1, 0.15) is 5.82 Å². The van der Waals surface area contributed by atoms with Crippen molar-refractivity contribution in [3.05, 3.63) is 157 Å². The highest BCUT2D eigenvalue weighted by atomic mass is 31.2. The van der Waals surface area contributed by atoms with E-state index in [0.717, 1.165) is 77.8 Å². The number of nitrogens with zero attached hydrogens (tertiary/aromatic N) is 3. The highest BCUT2D eigenvalue weighted by molar-refractivity contribution is 7.85. The zero-order valence-corrected chi connectivity index (χ0v) is 25.7. The molecule has 0 radical (unpaired) electrons. The van der Waals surface area contributed by atoms with E-state index in [2.05, 4.69) is 78.2 Å². The maximum Gasteiger partial charge on any atom is 0.171 e. The van der Waals surface area contributed by atoms with Gasteiger partial charge in [-0.3, -0.25) is 4.57 Å². The van der Waals surface area contributed by atoms with Crippen molar-refractivity contribution in [3.8, 4) is 16.9 Å². The summed E-state index contributed by atoms with van der Waals surface area (Å²) in [6.45, 7) is 2.15. The number of pyridine rings is 1. The first kappa shape index (κ1) is 27.3. The van der Waals surface area contributed by atoms with Crippen molar-refractivity contribution in [1.29, 1.82) is 0 Å². The number of benzene rings is 6. The molecule has 0 spiro atoms. The van der Waals surface area contributed by atoms with Gasteiger partial charge in [-0.15, -0.1) is 0 Å². The molecule has 4 nitrogen and oxygen atoms in total. The van der Waals surface area contributed by atoms with E-state index in [4.69, 9.17) is 9.97 Å². The second-order valence-corrected chi connectivity index (χ2v) is 14.0. The number of para-hydroxylation sites is 2. The molecule has 0 saturated carbocycles. The summed E-state index contributed by atoms with van der Waals surface area (Å²) < 4.78 is 17.3. The van der Waals surface area contributed by atoms with Crippen LogP contribution in [-0.4, -0.2) is 14.5 Å². The molecule has 8 rings (SSSR count). The van der Waals surface area contributed by atoms with Crippen LogP contribution in [0.4, 0.5) is 0 Å². The van der Waals surface area contributed by atoms with E-state index in [1.165, 1.54) is 0 Å². The van der Waals surface area contributed by atoms with Crippen LogP contribution in [0.3, 0.4) is 0 Å². The third-order valence-electron chi connectivity index (χ3n) is 8.63. The van der Waals surface area contributed by atoms with Crippen LogP contribution in [0.5, 0.6) is 0 Å². The molecule has 0 amide bonds. The molecule has 0 atom stereocenters. The summed E-state index contributed by atoms with van der Waals surface area (Å²) in [5.41, 5.74) is 5.84. The van der Waals surface area contributed by atoms with Crippen molar-refractivity contribution < 1.29 is 4.57 Å². The zero-order valence-electron chi connectivity index (χ0n) is 24.8. The first-order valence-electron chi connectivity index (χ1n) is 15.3. The van der Waals surface area contributed by atoms with E-state index in [9.17, 15) is 0 Å². The number of aromatic nitrogens is 3.